The molecule has 1 aliphatic rings. The van der Waals surface area contributed by atoms with E-state index in [1.807, 2.05) is 6.92 Å². The van der Waals surface area contributed by atoms with Crippen LogP contribution in [0.1, 0.15) is 62.8 Å². The number of nitrogens with one attached hydrogen (secondary N) is 1. The van der Waals surface area contributed by atoms with Crippen molar-refractivity contribution in [2.24, 2.45) is 11.1 Å². The molecule has 2 rings (SSSR count). The van der Waals surface area contributed by atoms with E-state index >= 15 is 0 Å². The van der Waals surface area contributed by atoms with E-state index in [9.17, 15) is 4.79 Å². The maximum absolute atomic E-state index is 12.0. The van der Waals surface area contributed by atoms with Crippen LogP contribution < -0.4 is 11.1 Å². The quantitative estimate of drug-likeness (QED) is 0.855. The molecule has 3 heteroatoms. The lowest BCUT2D eigenvalue weighted by molar-refractivity contribution is -0.117. The Morgan fingerprint density at radius 1 is 1.37 bits per heavy atom. The molecule has 2 unspecified atom stereocenters. The van der Waals surface area contributed by atoms with Gasteiger partial charge < -0.3 is 11.1 Å². The standard InChI is InChI=1S/C16H24N2O/c1-6-10-11-7-9(2)8-12(13(11)18-15(10)19)14(17)16(3,4)5/h7-8,10,14H,6,17H2,1-5H3,(H,18,19). The van der Waals surface area contributed by atoms with E-state index in [4.69, 9.17) is 5.73 Å². The molecule has 0 aromatic heterocycles. The third kappa shape index (κ3) is 2.39. The van der Waals surface area contributed by atoms with Gasteiger partial charge in [0.2, 0.25) is 5.91 Å². The van der Waals surface area contributed by atoms with Gasteiger partial charge in [-0.15, -0.1) is 0 Å². The lowest BCUT2D eigenvalue weighted by Crippen LogP contribution is -2.27. The van der Waals surface area contributed by atoms with Crippen molar-refractivity contribution >= 4 is 11.6 Å². The molecule has 2 atom stereocenters. The second kappa shape index (κ2) is 4.64. The number of aryl methyl sites for hydroxylation is 1. The van der Waals surface area contributed by atoms with Crippen molar-refractivity contribution in [1.29, 1.82) is 0 Å². The van der Waals surface area contributed by atoms with Crippen LogP contribution in [0.4, 0.5) is 5.69 Å². The average molecular weight is 260 g/mol. The van der Waals surface area contributed by atoms with Crippen LogP contribution >= 0.6 is 0 Å². The fourth-order valence-electron chi connectivity index (χ4n) is 2.73. The number of nitrogens with two attached hydrogens (primary N) is 1. The molecular formula is C16H24N2O. The summed E-state index contributed by atoms with van der Waals surface area (Å²) in [6, 6.07) is 4.13. The minimum Gasteiger partial charge on any atom is -0.325 e. The zero-order valence-corrected chi connectivity index (χ0v) is 12.5. The molecule has 104 valence electrons. The molecule has 19 heavy (non-hydrogen) atoms. The van der Waals surface area contributed by atoms with E-state index in [0.717, 1.165) is 23.2 Å². The van der Waals surface area contributed by atoms with Gasteiger partial charge in [-0.2, -0.15) is 0 Å². The molecule has 0 bridgehead atoms. The summed E-state index contributed by atoms with van der Waals surface area (Å²) >= 11 is 0. The summed E-state index contributed by atoms with van der Waals surface area (Å²) in [5.74, 6) is 0.0753. The number of hydrogen-bond acceptors (Lipinski definition) is 2. The van der Waals surface area contributed by atoms with Crippen molar-refractivity contribution in [2.45, 2.75) is 53.0 Å². The summed E-state index contributed by atoms with van der Waals surface area (Å²) in [5.41, 5.74) is 10.7. The SMILES string of the molecule is CCC1C(=O)Nc2c1cc(C)cc2C(N)C(C)(C)C. The minimum absolute atomic E-state index is 0.0270. The molecule has 1 amide bonds. The van der Waals surface area contributed by atoms with Crippen LogP contribution in [-0.4, -0.2) is 5.91 Å². The Labute approximate surface area is 115 Å². The van der Waals surface area contributed by atoms with Crippen molar-refractivity contribution in [1.82, 2.24) is 0 Å². The Kier molecular flexibility index (Phi) is 3.43. The summed E-state index contributed by atoms with van der Waals surface area (Å²) in [6.07, 6.45) is 0.826. The number of amides is 1. The van der Waals surface area contributed by atoms with Crippen LogP contribution in [0.15, 0.2) is 12.1 Å². The van der Waals surface area contributed by atoms with Gasteiger partial charge in [0.05, 0.1) is 5.92 Å². The maximum Gasteiger partial charge on any atom is 0.232 e. The highest BCUT2D eigenvalue weighted by Crippen LogP contribution is 2.43. The Morgan fingerprint density at radius 2 is 2.00 bits per heavy atom. The molecule has 1 aromatic rings. The van der Waals surface area contributed by atoms with E-state index in [2.05, 4.69) is 45.1 Å². The highest BCUT2D eigenvalue weighted by Gasteiger charge is 2.34. The van der Waals surface area contributed by atoms with Crippen LogP contribution in [0.25, 0.3) is 0 Å². The summed E-state index contributed by atoms with van der Waals surface area (Å²) in [7, 11) is 0. The van der Waals surface area contributed by atoms with Gasteiger partial charge in [0, 0.05) is 11.7 Å². The molecule has 0 aliphatic carbocycles. The molecule has 1 heterocycles. The van der Waals surface area contributed by atoms with Gasteiger partial charge in [-0.05, 0) is 29.9 Å². The molecule has 0 radical (unpaired) electrons. The van der Waals surface area contributed by atoms with Gasteiger partial charge in [0.15, 0.2) is 0 Å². The number of anilines is 1. The predicted molar refractivity (Wildman–Crippen MR) is 79.2 cm³/mol. The first-order chi connectivity index (χ1) is 8.75. The molecule has 0 spiro atoms. The first-order valence-electron chi connectivity index (χ1n) is 6.96. The van der Waals surface area contributed by atoms with Crippen LogP contribution in [0.5, 0.6) is 0 Å². The van der Waals surface area contributed by atoms with E-state index in [0.29, 0.717) is 0 Å². The van der Waals surface area contributed by atoms with Crippen molar-refractivity contribution < 1.29 is 4.79 Å². The van der Waals surface area contributed by atoms with Gasteiger partial charge in [0.1, 0.15) is 0 Å². The molecule has 1 aromatic carbocycles. The number of carbonyl (C=O) groups excluding carboxylic acids is 1. The van der Waals surface area contributed by atoms with Crippen LogP contribution in [-0.2, 0) is 4.79 Å². The van der Waals surface area contributed by atoms with E-state index in [-0.39, 0.29) is 23.3 Å². The Bertz CT molecular complexity index is 514. The largest absolute Gasteiger partial charge is 0.325 e. The van der Waals surface area contributed by atoms with E-state index < -0.39 is 0 Å². The predicted octanol–water partition coefficient (Wildman–Crippen LogP) is 3.49. The number of rotatable bonds is 2. The lowest BCUT2D eigenvalue weighted by Gasteiger charge is -2.29. The number of hydrogen-bond donors (Lipinski definition) is 2. The summed E-state index contributed by atoms with van der Waals surface area (Å²) in [6.45, 7) is 10.5. The Morgan fingerprint density at radius 3 is 2.53 bits per heavy atom. The van der Waals surface area contributed by atoms with Crippen LogP contribution in [0.2, 0.25) is 0 Å². The minimum atomic E-state index is -0.0861. The van der Waals surface area contributed by atoms with Crippen molar-refractivity contribution in [3.05, 3.63) is 28.8 Å². The lowest BCUT2D eigenvalue weighted by atomic mass is 9.81. The topological polar surface area (TPSA) is 55.1 Å². The Hall–Kier alpha value is -1.35. The highest BCUT2D eigenvalue weighted by atomic mass is 16.2. The van der Waals surface area contributed by atoms with E-state index in [1.165, 1.54) is 5.56 Å². The molecule has 3 N–H and O–H groups in total. The zero-order valence-electron chi connectivity index (χ0n) is 12.5. The fraction of sp³-hybridized carbons (Fsp3) is 0.562. The molecular weight excluding hydrogens is 236 g/mol. The first-order valence-corrected chi connectivity index (χ1v) is 6.96. The smallest absolute Gasteiger partial charge is 0.232 e. The van der Waals surface area contributed by atoms with Crippen LogP contribution in [0.3, 0.4) is 0 Å². The van der Waals surface area contributed by atoms with Crippen molar-refractivity contribution in [2.75, 3.05) is 5.32 Å². The normalized spacial score (nSPS) is 20.1. The number of benzene rings is 1. The third-order valence-electron chi connectivity index (χ3n) is 3.96. The monoisotopic (exact) mass is 260 g/mol. The van der Waals surface area contributed by atoms with Crippen molar-refractivity contribution in [3.8, 4) is 0 Å². The highest BCUT2D eigenvalue weighted by molar-refractivity contribution is 6.03. The zero-order chi connectivity index (χ0) is 14.4. The number of fused-ring (bicyclic) bond motifs is 1. The fourth-order valence-corrected chi connectivity index (χ4v) is 2.73. The summed E-state index contributed by atoms with van der Waals surface area (Å²) < 4.78 is 0. The first kappa shape index (κ1) is 14.1. The van der Waals surface area contributed by atoms with E-state index in [1.54, 1.807) is 0 Å². The molecule has 3 nitrogen and oxygen atoms in total. The van der Waals surface area contributed by atoms with Gasteiger partial charge in [-0.1, -0.05) is 45.4 Å². The third-order valence-corrected chi connectivity index (χ3v) is 3.96. The molecule has 0 saturated carbocycles. The average Bonchev–Trinajstić information content (AvgIpc) is 2.61. The molecule has 0 saturated heterocycles. The van der Waals surface area contributed by atoms with Gasteiger partial charge in [0.25, 0.3) is 0 Å². The summed E-state index contributed by atoms with van der Waals surface area (Å²) in [5, 5.41) is 3.03. The van der Waals surface area contributed by atoms with Crippen molar-refractivity contribution in [3.63, 3.8) is 0 Å². The number of carbonyl (C=O) groups is 1. The molecule has 1 aliphatic heterocycles. The van der Waals surface area contributed by atoms with Gasteiger partial charge >= 0.3 is 0 Å². The van der Waals surface area contributed by atoms with Gasteiger partial charge in [-0.25, -0.2) is 0 Å². The summed E-state index contributed by atoms with van der Waals surface area (Å²) in [4.78, 5) is 12.0. The van der Waals surface area contributed by atoms with Crippen LogP contribution in [0, 0.1) is 12.3 Å². The second-order valence-corrected chi connectivity index (χ2v) is 6.61. The second-order valence-electron chi connectivity index (χ2n) is 6.61. The van der Waals surface area contributed by atoms with Gasteiger partial charge in [-0.3, -0.25) is 4.79 Å². The molecule has 0 fully saturated rings. The Balaban J connectivity index is 2.57. The maximum atomic E-state index is 12.0.